The van der Waals surface area contributed by atoms with E-state index in [1.165, 1.54) is 24.3 Å². The molecule has 3 aromatic rings. The molecule has 1 aliphatic heterocycles. The van der Waals surface area contributed by atoms with Crippen LogP contribution in [0.15, 0.2) is 66.7 Å². The van der Waals surface area contributed by atoms with Crippen LogP contribution in [0.3, 0.4) is 0 Å². The molecule has 4 nitrogen and oxygen atoms in total. The fourth-order valence-electron chi connectivity index (χ4n) is 4.51. The lowest BCUT2D eigenvalue weighted by Crippen LogP contribution is -2.57. The fourth-order valence-corrected chi connectivity index (χ4v) is 4.51. The first kappa shape index (κ1) is 22.2. The second-order valence-corrected chi connectivity index (χ2v) is 8.30. The van der Waals surface area contributed by atoms with Crippen molar-refractivity contribution in [3.63, 3.8) is 0 Å². The van der Waals surface area contributed by atoms with Crippen molar-refractivity contribution in [1.29, 1.82) is 0 Å². The molecule has 1 fully saturated rings. The van der Waals surface area contributed by atoms with Gasteiger partial charge in [-0.3, -0.25) is 4.90 Å². The van der Waals surface area contributed by atoms with E-state index in [-0.39, 0.29) is 23.2 Å². The first-order valence-electron chi connectivity index (χ1n) is 10.7. The highest BCUT2D eigenvalue weighted by atomic mass is 19.1. The minimum atomic E-state index is -0.351. The average Bonchev–Trinajstić information content (AvgIpc) is 2.81. The molecule has 168 valence electrons. The van der Waals surface area contributed by atoms with Crippen LogP contribution < -0.4 is 14.8 Å². The van der Waals surface area contributed by atoms with E-state index >= 15 is 0 Å². The number of ether oxygens (including phenoxy) is 2. The van der Waals surface area contributed by atoms with E-state index in [1.807, 2.05) is 18.2 Å². The highest BCUT2D eigenvalue weighted by Crippen LogP contribution is 2.37. The van der Waals surface area contributed by atoms with Crippen molar-refractivity contribution in [2.45, 2.75) is 18.5 Å². The number of benzene rings is 3. The molecule has 0 bridgehead atoms. The topological polar surface area (TPSA) is 33.7 Å². The lowest BCUT2D eigenvalue weighted by Gasteiger charge is -2.45. The molecule has 1 N–H and O–H groups in total. The molecular weight excluding hydrogens is 410 g/mol. The van der Waals surface area contributed by atoms with Crippen LogP contribution in [-0.2, 0) is 5.54 Å². The maximum Gasteiger partial charge on any atom is 0.161 e. The van der Waals surface area contributed by atoms with Crippen LogP contribution in [-0.4, -0.2) is 38.8 Å². The summed E-state index contributed by atoms with van der Waals surface area (Å²) >= 11 is 0. The van der Waals surface area contributed by atoms with Crippen LogP contribution in [0.25, 0.3) is 0 Å². The van der Waals surface area contributed by atoms with E-state index < -0.39 is 0 Å². The summed E-state index contributed by atoms with van der Waals surface area (Å²) in [5.41, 5.74) is 2.66. The van der Waals surface area contributed by atoms with Crippen molar-refractivity contribution in [1.82, 2.24) is 10.2 Å². The van der Waals surface area contributed by atoms with E-state index in [0.717, 1.165) is 29.8 Å². The Labute approximate surface area is 187 Å². The van der Waals surface area contributed by atoms with Gasteiger partial charge in [0.2, 0.25) is 0 Å². The van der Waals surface area contributed by atoms with Crippen molar-refractivity contribution < 1.29 is 18.3 Å². The zero-order valence-corrected chi connectivity index (χ0v) is 18.6. The Morgan fingerprint density at radius 2 is 1.41 bits per heavy atom. The van der Waals surface area contributed by atoms with E-state index in [4.69, 9.17) is 9.47 Å². The number of piperazine rings is 1. The number of hydrogen-bond donors (Lipinski definition) is 1. The summed E-state index contributed by atoms with van der Waals surface area (Å²) in [6.45, 7) is 4.42. The van der Waals surface area contributed by atoms with Gasteiger partial charge >= 0.3 is 0 Å². The standard InChI is InChI=1S/C26H28F2N2O2/c1-26(20-8-13-23(31-2)24(16-20)32-3)17-30(15-14-29-26)25(18-4-9-21(27)10-5-18)19-6-11-22(28)12-7-19/h4-13,16,25,29H,14-15,17H2,1-3H3. The van der Waals surface area contributed by atoms with Gasteiger partial charge in [-0.05, 0) is 60.0 Å². The molecule has 0 aromatic heterocycles. The van der Waals surface area contributed by atoms with E-state index in [2.05, 4.69) is 17.1 Å². The zero-order chi connectivity index (χ0) is 22.7. The highest BCUT2D eigenvalue weighted by Gasteiger charge is 2.36. The number of methoxy groups -OCH3 is 2. The minimum absolute atomic E-state index is 0.127. The van der Waals surface area contributed by atoms with Gasteiger partial charge in [-0.15, -0.1) is 0 Å². The fraction of sp³-hybridized carbons (Fsp3) is 0.308. The first-order valence-corrected chi connectivity index (χ1v) is 10.7. The normalized spacial score (nSPS) is 19.2. The minimum Gasteiger partial charge on any atom is -0.493 e. The monoisotopic (exact) mass is 438 g/mol. The molecule has 1 saturated heterocycles. The van der Waals surface area contributed by atoms with E-state index in [1.54, 1.807) is 38.5 Å². The SMILES string of the molecule is COc1ccc(C2(C)CN(C(c3ccc(F)cc3)c3ccc(F)cc3)CCN2)cc1OC. The summed E-state index contributed by atoms with van der Waals surface area (Å²) in [5, 5.41) is 3.65. The third-order valence-corrected chi connectivity index (χ3v) is 6.19. The molecule has 0 amide bonds. The van der Waals surface area contributed by atoms with E-state index in [0.29, 0.717) is 18.0 Å². The molecule has 1 heterocycles. The van der Waals surface area contributed by atoms with Gasteiger partial charge in [0.15, 0.2) is 11.5 Å². The predicted octanol–water partition coefficient (Wildman–Crippen LogP) is 4.89. The third-order valence-electron chi connectivity index (χ3n) is 6.19. The number of halogens is 2. The molecule has 3 aromatic carbocycles. The molecule has 0 saturated carbocycles. The molecule has 0 radical (unpaired) electrons. The Morgan fingerprint density at radius 3 is 1.94 bits per heavy atom. The first-order chi connectivity index (χ1) is 15.4. The van der Waals surface area contributed by atoms with Crippen LogP contribution in [0.4, 0.5) is 8.78 Å². The van der Waals surface area contributed by atoms with Gasteiger partial charge in [0.25, 0.3) is 0 Å². The molecule has 6 heteroatoms. The average molecular weight is 439 g/mol. The van der Waals surface area contributed by atoms with Gasteiger partial charge in [0.1, 0.15) is 11.6 Å². The highest BCUT2D eigenvalue weighted by molar-refractivity contribution is 5.45. The molecule has 0 spiro atoms. The van der Waals surface area contributed by atoms with Crippen molar-refractivity contribution in [3.8, 4) is 11.5 Å². The number of nitrogens with one attached hydrogen (secondary N) is 1. The largest absolute Gasteiger partial charge is 0.493 e. The molecule has 1 aliphatic rings. The lowest BCUT2D eigenvalue weighted by atomic mass is 9.87. The van der Waals surface area contributed by atoms with Crippen LogP contribution in [0, 0.1) is 11.6 Å². The Balaban J connectivity index is 1.71. The van der Waals surface area contributed by atoms with Gasteiger partial charge in [-0.25, -0.2) is 8.78 Å². The smallest absolute Gasteiger partial charge is 0.161 e. The van der Waals surface area contributed by atoms with Crippen molar-refractivity contribution in [2.75, 3.05) is 33.9 Å². The molecular formula is C26H28F2N2O2. The summed E-state index contributed by atoms with van der Waals surface area (Å²) in [5.74, 6) is 0.811. The third kappa shape index (κ3) is 4.47. The number of hydrogen-bond acceptors (Lipinski definition) is 4. The maximum absolute atomic E-state index is 13.6. The number of nitrogens with zero attached hydrogens (tertiary/aromatic N) is 1. The van der Waals surface area contributed by atoms with Crippen molar-refractivity contribution >= 4 is 0 Å². The van der Waals surface area contributed by atoms with Gasteiger partial charge in [-0.1, -0.05) is 30.3 Å². The Kier molecular flexibility index (Phi) is 6.44. The van der Waals surface area contributed by atoms with Gasteiger partial charge in [-0.2, -0.15) is 0 Å². The summed E-state index contributed by atoms with van der Waals surface area (Å²) < 4.78 is 38.2. The van der Waals surface area contributed by atoms with Crippen molar-refractivity contribution in [2.24, 2.45) is 0 Å². The van der Waals surface area contributed by atoms with E-state index in [9.17, 15) is 8.78 Å². The Morgan fingerprint density at radius 1 is 0.844 bits per heavy atom. The maximum atomic E-state index is 13.6. The molecule has 0 aliphatic carbocycles. The lowest BCUT2D eigenvalue weighted by molar-refractivity contribution is 0.114. The Hall–Kier alpha value is -2.96. The van der Waals surface area contributed by atoms with Crippen LogP contribution >= 0.6 is 0 Å². The molecule has 1 atom stereocenters. The van der Waals surface area contributed by atoms with Gasteiger partial charge in [0, 0.05) is 19.6 Å². The van der Waals surface area contributed by atoms with Gasteiger partial charge in [0.05, 0.1) is 25.8 Å². The summed E-state index contributed by atoms with van der Waals surface area (Å²) in [7, 11) is 3.25. The number of rotatable bonds is 6. The van der Waals surface area contributed by atoms with Crippen molar-refractivity contribution in [3.05, 3.63) is 95.1 Å². The second-order valence-electron chi connectivity index (χ2n) is 8.30. The summed E-state index contributed by atoms with van der Waals surface area (Å²) in [6.07, 6.45) is 0. The predicted molar refractivity (Wildman–Crippen MR) is 121 cm³/mol. The van der Waals surface area contributed by atoms with Gasteiger partial charge < -0.3 is 14.8 Å². The molecule has 1 unspecified atom stereocenters. The summed E-state index contributed by atoms with van der Waals surface area (Å²) in [4.78, 5) is 2.35. The molecule has 4 rings (SSSR count). The summed E-state index contributed by atoms with van der Waals surface area (Å²) in [6, 6.07) is 18.9. The molecule has 32 heavy (non-hydrogen) atoms. The second kappa shape index (κ2) is 9.27. The van der Waals surface area contributed by atoms with Crippen LogP contribution in [0.5, 0.6) is 11.5 Å². The zero-order valence-electron chi connectivity index (χ0n) is 18.6. The quantitative estimate of drug-likeness (QED) is 0.594. The van der Waals surface area contributed by atoms with Crippen LogP contribution in [0.1, 0.15) is 29.7 Å². The Bertz CT molecular complexity index is 1010. The van der Waals surface area contributed by atoms with Crippen LogP contribution in [0.2, 0.25) is 0 Å².